The van der Waals surface area contributed by atoms with Crippen molar-refractivity contribution in [3.05, 3.63) is 23.1 Å². The maximum atomic E-state index is 12.3. The lowest BCUT2D eigenvalue weighted by Gasteiger charge is -2.44. The Morgan fingerprint density at radius 2 is 2.37 bits per heavy atom. The Morgan fingerprint density at radius 1 is 1.58 bits per heavy atom. The molecule has 2 aromatic rings. The van der Waals surface area contributed by atoms with Crippen LogP contribution in [0.4, 0.5) is 0 Å². The van der Waals surface area contributed by atoms with Crippen molar-refractivity contribution < 1.29 is 4.79 Å². The van der Waals surface area contributed by atoms with E-state index in [0.717, 1.165) is 18.2 Å². The Kier molecular flexibility index (Phi) is 2.74. The number of aromatic amines is 1. The van der Waals surface area contributed by atoms with E-state index in [-0.39, 0.29) is 17.4 Å². The van der Waals surface area contributed by atoms with Crippen LogP contribution >= 0.6 is 11.6 Å². The number of fused-ring (bicyclic) bond motifs is 1. The van der Waals surface area contributed by atoms with Crippen LogP contribution in [0, 0.1) is 5.41 Å². The van der Waals surface area contributed by atoms with Gasteiger partial charge in [0.1, 0.15) is 5.15 Å². The number of carbonyl (C=O) groups is 1. The van der Waals surface area contributed by atoms with Crippen LogP contribution in [0.3, 0.4) is 0 Å². The highest BCUT2D eigenvalue weighted by molar-refractivity contribution is 6.30. The lowest BCUT2D eigenvalue weighted by Crippen LogP contribution is -2.52. The van der Waals surface area contributed by atoms with E-state index in [0.29, 0.717) is 16.4 Å². The van der Waals surface area contributed by atoms with E-state index < -0.39 is 0 Å². The Morgan fingerprint density at radius 3 is 3.00 bits per heavy atom. The number of hydrogen-bond acceptors (Lipinski definition) is 3. The fourth-order valence-electron chi connectivity index (χ4n) is 2.44. The number of hydrogen-bond donors (Lipinski definition) is 2. The predicted octanol–water partition coefficient (Wildman–Crippen LogP) is 2.53. The van der Waals surface area contributed by atoms with Crippen molar-refractivity contribution in [3.8, 4) is 0 Å². The first-order valence-electron chi connectivity index (χ1n) is 6.28. The van der Waals surface area contributed by atoms with Crippen molar-refractivity contribution >= 4 is 28.4 Å². The van der Waals surface area contributed by atoms with E-state index >= 15 is 0 Å². The topological polar surface area (TPSA) is 70.7 Å². The minimum Gasteiger partial charge on any atom is -0.347 e. The molecule has 0 aromatic carbocycles. The van der Waals surface area contributed by atoms with Gasteiger partial charge in [-0.3, -0.25) is 9.89 Å². The van der Waals surface area contributed by atoms with Crippen molar-refractivity contribution in [2.45, 2.75) is 32.7 Å². The molecule has 3 rings (SSSR count). The SMILES string of the molecule is CC1(C)CCC1NC(=O)c1nc(Cl)cc2cn[nH]c12. The van der Waals surface area contributed by atoms with Gasteiger partial charge in [-0.1, -0.05) is 25.4 Å². The third-order valence-corrected chi connectivity index (χ3v) is 4.13. The summed E-state index contributed by atoms with van der Waals surface area (Å²) in [6, 6.07) is 1.88. The predicted molar refractivity (Wildman–Crippen MR) is 73.2 cm³/mol. The van der Waals surface area contributed by atoms with E-state index in [4.69, 9.17) is 11.6 Å². The number of nitrogens with zero attached hydrogens (tertiary/aromatic N) is 2. The quantitative estimate of drug-likeness (QED) is 0.829. The summed E-state index contributed by atoms with van der Waals surface area (Å²) in [5, 5.41) is 10.8. The summed E-state index contributed by atoms with van der Waals surface area (Å²) in [5.74, 6) is -0.200. The molecule has 0 spiro atoms. The van der Waals surface area contributed by atoms with E-state index in [9.17, 15) is 4.79 Å². The molecule has 1 aliphatic rings. The van der Waals surface area contributed by atoms with Gasteiger partial charge in [-0.25, -0.2) is 4.98 Å². The zero-order chi connectivity index (χ0) is 13.6. The standard InChI is InChI=1S/C13H15ClN4O/c1-13(2)4-3-8(13)16-12(19)11-10-7(6-15-18-10)5-9(14)17-11/h5-6,8H,3-4H2,1-2H3,(H,15,18)(H,16,19). The van der Waals surface area contributed by atoms with Crippen molar-refractivity contribution in [2.24, 2.45) is 5.41 Å². The van der Waals surface area contributed by atoms with Crippen molar-refractivity contribution in [1.29, 1.82) is 0 Å². The molecule has 19 heavy (non-hydrogen) atoms. The highest BCUT2D eigenvalue weighted by Gasteiger charge is 2.39. The minimum absolute atomic E-state index is 0.154. The molecule has 6 heteroatoms. The molecular formula is C13H15ClN4O. The number of aromatic nitrogens is 3. The molecule has 0 radical (unpaired) electrons. The molecule has 5 nitrogen and oxygen atoms in total. The van der Waals surface area contributed by atoms with Crippen LogP contribution < -0.4 is 5.32 Å². The molecule has 0 aliphatic heterocycles. The average molecular weight is 279 g/mol. The normalized spacial score (nSPS) is 21.1. The number of nitrogens with one attached hydrogen (secondary N) is 2. The number of rotatable bonds is 2. The Hall–Kier alpha value is -1.62. The molecule has 1 saturated carbocycles. The fourth-order valence-corrected chi connectivity index (χ4v) is 2.64. The van der Waals surface area contributed by atoms with E-state index in [2.05, 4.69) is 34.3 Å². The van der Waals surface area contributed by atoms with Crippen LogP contribution in [0.1, 0.15) is 37.2 Å². The molecule has 0 bridgehead atoms. The van der Waals surface area contributed by atoms with E-state index in [1.807, 2.05) is 0 Å². The Balaban J connectivity index is 1.91. The van der Waals surface area contributed by atoms with Crippen LogP contribution in [0.15, 0.2) is 12.3 Å². The van der Waals surface area contributed by atoms with Crippen molar-refractivity contribution in [2.75, 3.05) is 0 Å². The van der Waals surface area contributed by atoms with Crippen molar-refractivity contribution in [3.63, 3.8) is 0 Å². The highest BCUT2D eigenvalue weighted by Crippen LogP contribution is 2.40. The lowest BCUT2D eigenvalue weighted by molar-refractivity contribution is 0.0729. The Bertz CT molecular complexity index is 649. The average Bonchev–Trinajstić information content (AvgIpc) is 2.81. The first-order valence-corrected chi connectivity index (χ1v) is 6.66. The van der Waals surface area contributed by atoms with Gasteiger partial charge in [-0.05, 0) is 24.3 Å². The summed E-state index contributed by atoms with van der Waals surface area (Å²) in [4.78, 5) is 16.4. The molecule has 1 unspecified atom stereocenters. The minimum atomic E-state index is -0.200. The molecule has 2 aromatic heterocycles. The van der Waals surface area contributed by atoms with Gasteiger partial charge in [0.2, 0.25) is 0 Å². The summed E-state index contributed by atoms with van der Waals surface area (Å²) < 4.78 is 0. The monoisotopic (exact) mass is 278 g/mol. The van der Waals surface area contributed by atoms with Crippen LogP contribution in [-0.4, -0.2) is 27.1 Å². The van der Waals surface area contributed by atoms with E-state index in [1.165, 1.54) is 0 Å². The van der Waals surface area contributed by atoms with Gasteiger partial charge < -0.3 is 5.32 Å². The molecule has 1 fully saturated rings. The van der Waals surface area contributed by atoms with Crippen LogP contribution in [0.25, 0.3) is 10.9 Å². The second-order valence-corrected chi connectivity index (χ2v) is 6.07. The van der Waals surface area contributed by atoms with Gasteiger partial charge in [0.25, 0.3) is 5.91 Å². The highest BCUT2D eigenvalue weighted by atomic mass is 35.5. The van der Waals surface area contributed by atoms with Crippen LogP contribution in [-0.2, 0) is 0 Å². The maximum Gasteiger partial charge on any atom is 0.272 e. The van der Waals surface area contributed by atoms with Gasteiger partial charge in [-0.2, -0.15) is 5.10 Å². The summed E-state index contributed by atoms with van der Waals surface area (Å²) in [6.07, 6.45) is 3.76. The maximum absolute atomic E-state index is 12.3. The molecule has 2 N–H and O–H groups in total. The smallest absolute Gasteiger partial charge is 0.272 e. The molecule has 1 amide bonds. The van der Waals surface area contributed by atoms with E-state index in [1.54, 1.807) is 12.3 Å². The van der Waals surface area contributed by atoms with Gasteiger partial charge >= 0.3 is 0 Å². The first-order chi connectivity index (χ1) is 8.97. The number of H-pyrrole nitrogens is 1. The second kappa shape index (κ2) is 4.20. The summed E-state index contributed by atoms with van der Waals surface area (Å²) in [7, 11) is 0. The van der Waals surface area contributed by atoms with Gasteiger partial charge in [-0.15, -0.1) is 0 Å². The Labute approximate surface area is 115 Å². The number of halogens is 1. The summed E-state index contributed by atoms with van der Waals surface area (Å²) in [5.41, 5.74) is 1.09. The molecule has 100 valence electrons. The zero-order valence-electron chi connectivity index (χ0n) is 10.8. The molecular weight excluding hydrogens is 264 g/mol. The first kappa shape index (κ1) is 12.4. The number of carbonyl (C=O) groups excluding carboxylic acids is 1. The third-order valence-electron chi connectivity index (χ3n) is 3.94. The number of pyridine rings is 1. The van der Waals surface area contributed by atoms with Gasteiger partial charge in [0.05, 0.1) is 11.7 Å². The third kappa shape index (κ3) is 2.08. The lowest BCUT2D eigenvalue weighted by atomic mass is 9.67. The van der Waals surface area contributed by atoms with Crippen LogP contribution in [0.2, 0.25) is 5.15 Å². The summed E-state index contributed by atoms with van der Waals surface area (Å²) >= 11 is 5.93. The van der Waals surface area contributed by atoms with Crippen LogP contribution in [0.5, 0.6) is 0 Å². The molecule has 1 aliphatic carbocycles. The van der Waals surface area contributed by atoms with Gasteiger partial charge in [0.15, 0.2) is 5.69 Å². The molecule has 2 heterocycles. The largest absolute Gasteiger partial charge is 0.347 e. The molecule has 1 atom stereocenters. The molecule has 0 saturated heterocycles. The fraction of sp³-hybridized carbons (Fsp3) is 0.462. The second-order valence-electron chi connectivity index (χ2n) is 5.68. The van der Waals surface area contributed by atoms with Gasteiger partial charge in [0, 0.05) is 11.4 Å². The number of amides is 1. The zero-order valence-corrected chi connectivity index (χ0v) is 11.6. The summed E-state index contributed by atoms with van der Waals surface area (Å²) in [6.45, 7) is 4.30. The van der Waals surface area contributed by atoms with Crippen molar-refractivity contribution in [1.82, 2.24) is 20.5 Å².